The molecule has 4 rings (SSSR count). The van der Waals surface area contributed by atoms with Crippen LogP contribution in [-0.2, 0) is 4.79 Å². The Morgan fingerprint density at radius 2 is 2.00 bits per heavy atom. The van der Waals surface area contributed by atoms with Crippen molar-refractivity contribution in [2.24, 2.45) is 23.7 Å². The molecule has 3 aliphatic carbocycles. The van der Waals surface area contributed by atoms with Crippen molar-refractivity contribution in [3.63, 3.8) is 0 Å². The highest BCUT2D eigenvalue weighted by atomic mass is 16.3. The molecule has 4 atom stereocenters. The zero-order valence-electron chi connectivity index (χ0n) is 11.1. The summed E-state index contributed by atoms with van der Waals surface area (Å²) in [6, 6.07) is 5.31. The topological polar surface area (TPSA) is 37.3 Å². The smallest absolute Gasteiger partial charge is 0.167 e. The van der Waals surface area contributed by atoms with Crippen LogP contribution in [0.3, 0.4) is 0 Å². The highest BCUT2D eigenvalue weighted by molar-refractivity contribution is 6.24. The summed E-state index contributed by atoms with van der Waals surface area (Å²) in [6.07, 6.45) is 5.99. The lowest BCUT2D eigenvalue weighted by Gasteiger charge is -2.22. The van der Waals surface area contributed by atoms with Crippen molar-refractivity contribution in [3.8, 4) is 5.75 Å². The summed E-state index contributed by atoms with van der Waals surface area (Å²) in [6.45, 7) is 2.01. The summed E-state index contributed by atoms with van der Waals surface area (Å²) in [5, 5.41) is 9.66. The molecule has 0 aliphatic heterocycles. The minimum absolute atomic E-state index is 0.245. The largest absolute Gasteiger partial charge is 0.508 e. The molecule has 2 fully saturated rings. The molecule has 1 N–H and O–H groups in total. The van der Waals surface area contributed by atoms with E-state index in [1.54, 1.807) is 12.1 Å². The number of aromatic hydroxyl groups is 1. The van der Waals surface area contributed by atoms with Crippen LogP contribution in [0.2, 0.25) is 0 Å². The fraction of sp³-hybridized carbons (Fsp3) is 0.471. The van der Waals surface area contributed by atoms with Gasteiger partial charge >= 0.3 is 0 Å². The van der Waals surface area contributed by atoms with Gasteiger partial charge in [-0.2, -0.15) is 0 Å². The van der Waals surface area contributed by atoms with E-state index >= 15 is 0 Å². The number of carbonyl (C=O) groups excluding carboxylic acids is 1. The summed E-state index contributed by atoms with van der Waals surface area (Å²) in [4.78, 5) is 12.7. The molecular weight excluding hydrogens is 236 g/mol. The summed E-state index contributed by atoms with van der Waals surface area (Å²) < 4.78 is 0. The first kappa shape index (κ1) is 11.3. The average molecular weight is 254 g/mol. The van der Waals surface area contributed by atoms with E-state index in [-0.39, 0.29) is 11.7 Å². The molecule has 2 saturated carbocycles. The standard InChI is InChI=1S/C17H18O2/c1-9-2-5-12(18)7-13(9)15-8-14-10-3-4-11(6-10)16(14)17(15)19/h2,5,7-8,10-11,14,16,18H,3-4,6H2,1H3. The minimum atomic E-state index is 0.245. The van der Waals surface area contributed by atoms with E-state index in [4.69, 9.17) is 0 Å². The Hall–Kier alpha value is -1.57. The third kappa shape index (κ3) is 1.46. The molecule has 1 aromatic carbocycles. The van der Waals surface area contributed by atoms with Crippen LogP contribution in [0.4, 0.5) is 0 Å². The van der Waals surface area contributed by atoms with Crippen molar-refractivity contribution in [3.05, 3.63) is 35.4 Å². The normalized spacial score (nSPS) is 35.6. The molecule has 0 radical (unpaired) electrons. The van der Waals surface area contributed by atoms with E-state index < -0.39 is 0 Å². The zero-order valence-corrected chi connectivity index (χ0v) is 11.1. The van der Waals surface area contributed by atoms with Gasteiger partial charge in [0.1, 0.15) is 5.75 Å². The Morgan fingerprint density at radius 3 is 2.79 bits per heavy atom. The second kappa shape index (κ2) is 3.72. The number of ketones is 1. The third-order valence-electron chi connectivity index (χ3n) is 5.42. The number of allylic oxidation sites excluding steroid dienone is 2. The van der Waals surface area contributed by atoms with Gasteiger partial charge in [0.15, 0.2) is 5.78 Å². The number of hydrogen-bond acceptors (Lipinski definition) is 2. The van der Waals surface area contributed by atoms with Crippen LogP contribution in [0.5, 0.6) is 5.75 Å². The van der Waals surface area contributed by atoms with E-state index in [1.807, 2.05) is 13.0 Å². The Morgan fingerprint density at radius 1 is 1.21 bits per heavy atom. The Labute approximate surface area is 113 Å². The molecule has 2 heteroatoms. The molecule has 2 nitrogen and oxygen atoms in total. The summed E-state index contributed by atoms with van der Waals surface area (Å²) in [7, 11) is 0. The van der Waals surface area contributed by atoms with Crippen molar-refractivity contribution < 1.29 is 9.90 Å². The van der Waals surface area contributed by atoms with Crippen LogP contribution in [-0.4, -0.2) is 10.9 Å². The van der Waals surface area contributed by atoms with Gasteiger partial charge in [-0.25, -0.2) is 0 Å². The lowest BCUT2D eigenvalue weighted by Crippen LogP contribution is -2.23. The summed E-state index contributed by atoms with van der Waals surface area (Å²) in [5.41, 5.74) is 2.86. The maximum Gasteiger partial charge on any atom is 0.167 e. The molecular formula is C17H18O2. The fourth-order valence-electron chi connectivity index (χ4n) is 4.54. The maximum atomic E-state index is 12.7. The average Bonchev–Trinajstić information content (AvgIpc) is 3.05. The minimum Gasteiger partial charge on any atom is -0.508 e. The van der Waals surface area contributed by atoms with E-state index in [0.29, 0.717) is 17.6 Å². The molecule has 98 valence electrons. The lowest BCUT2D eigenvalue weighted by atomic mass is 9.80. The first-order valence-electron chi connectivity index (χ1n) is 7.21. The number of aryl methyl sites for hydroxylation is 1. The van der Waals surface area contributed by atoms with Crippen LogP contribution in [0.25, 0.3) is 5.57 Å². The molecule has 0 aromatic heterocycles. The molecule has 0 saturated heterocycles. The van der Waals surface area contributed by atoms with Crippen molar-refractivity contribution >= 4 is 11.4 Å². The second-order valence-corrected chi connectivity index (χ2v) is 6.38. The molecule has 0 spiro atoms. The highest BCUT2D eigenvalue weighted by Crippen LogP contribution is 2.57. The molecule has 1 aromatic rings. The number of benzene rings is 1. The van der Waals surface area contributed by atoms with Crippen LogP contribution >= 0.6 is 0 Å². The highest BCUT2D eigenvalue weighted by Gasteiger charge is 2.53. The number of fused-ring (bicyclic) bond motifs is 5. The van der Waals surface area contributed by atoms with Crippen molar-refractivity contribution in [1.82, 2.24) is 0 Å². The van der Waals surface area contributed by atoms with E-state index in [2.05, 4.69) is 6.08 Å². The zero-order chi connectivity index (χ0) is 13.1. The number of phenolic OH excluding ortho intramolecular Hbond substituents is 1. The molecule has 0 heterocycles. The quantitative estimate of drug-likeness (QED) is 0.834. The van der Waals surface area contributed by atoms with Gasteiger partial charge in [-0.05, 0) is 67.2 Å². The van der Waals surface area contributed by atoms with Crippen LogP contribution in [0.1, 0.15) is 30.4 Å². The predicted octanol–water partition coefficient (Wildman–Crippen LogP) is 3.33. The number of hydrogen-bond donors (Lipinski definition) is 1. The van der Waals surface area contributed by atoms with E-state index in [0.717, 1.165) is 22.6 Å². The van der Waals surface area contributed by atoms with Gasteiger partial charge in [-0.15, -0.1) is 0 Å². The molecule has 19 heavy (non-hydrogen) atoms. The van der Waals surface area contributed by atoms with Gasteiger partial charge in [0.25, 0.3) is 0 Å². The predicted molar refractivity (Wildman–Crippen MR) is 73.6 cm³/mol. The number of rotatable bonds is 1. The van der Waals surface area contributed by atoms with Crippen molar-refractivity contribution in [1.29, 1.82) is 0 Å². The number of Topliss-reactive ketones (excluding diaryl/α,β-unsaturated/α-hetero) is 1. The van der Waals surface area contributed by atoms with Gasteiger partial charge in [-0.3, -0.25) is 4.79 Å². The van der Waals surface area contributed by atoms with E-state index in [1.165, 1.54) is 19.3 Å². The van der Waals surface area contributed by atoms with Crippen LogP contribution < -0.4 is 0 Å². The van der Waals surface area contributed by atoms with Gasteiger partial charge in [-0.1, -0.05) is 12.1 Å². The fourth-order valence-corrected chi connectivity index (χ4v) is 4.54. The Balaban J connectivity index is 1.79. The SMILES string of the molecule is Cc1ccc(O)cc1C1=CC2C3CCC(C3)C2C1=O. The van der Waals surface area contributed by atoms with Crippen LogP contribution in [0, 0.1) is 30.6 Å². The first-order chi connectivity index (χ1) is 9.15. The van der Waals surface area contributed by atoms with E-state index in [9.17, 15) is 9.90 Å². The van der Waals surface area contributed by atoms with Gasteiger partial charge in [0.05, 0.1) is 0 Å². The first-order valence-corrected chi connectivity index (χ1v) is 7.21. The Bertz CT molecular complexity index is 599. The second-order valence-electron chi connectivity index (χ2n) is 6.38. The molecule has 2 bridgehead atoms. The maximum absolute atomic E-state index is 12.7. The third-order valence-corrected chi connectivity index (χ3v) is 5.42. The Kier molecular flexibility index (Phi) is 2.21. The number of carbonyl (C=O) groups is 1. The van der Waals surface area contributed by atoms with Crippen molar-refractivity contribution in [2.75, 3.05) is 0 Å². The van der Waals surface area contributed by atoms with Gasteiger partial charge < -0.3 is 5.11 Å². The lowest BCUT2D eigenvalue weighted by molar-refractivity contribution is -0.118. The molecule has 0 amide bonds. The molecule has 4 unspecified atom stereocenters. The van der Waals surface area contributed by atoms with Crippen molar-refractivity contribution in [2.45, 2.75) is 26.2 Å². The molecule has 3 aliphatic rings. The summed E-state index contributed by atoms with van der Waals surface area (Å²) in [5.74, 6) is 2.64. The number of phenols is 1. The summed E-state index contributed by atoms with van der Waals surface area (Å²) >= 11 is 0. The van der Waals surface area contributed by atoms with Gasteiger partial charge in [0, 0.05) is 11.5 Å². The van der Waals surface area contributed by atoms with Gasteiger partial charge in [0.2, 0.25) is 0 Å². The monoisotopic (exact) mass is 254 g/mol. The van der Waals surface area contributed by atoms with Crippen LogP contribution in [0.15, 0.2) is 24.3 Å².